The van der Waals surface area contributed by atoms with Crippen LogP contribution in [0.1, 0.15) is 11.5 Å². The molecule has 0 saturated heterocycles. The molecule has 1 aromatic rings. The zero-order valence-electron chi connectivity index (χ0n) is 12.7. The molecule has 0 radical (unpaired) electrons. The predicted molar refractivity (Wildman–Crippen MR) is 92.8 cm³/mol. The van der Waals surface area contributed by atoms with E-state index in [2.05, 4.69) is 18.2 Å². The summed E-state index contributed by atoms with van der Waals surface area (Å²) < 4.78 is 0. The molecule has 0 aromatic heterocycles. The fraction of sp³-hybridized carbons (Fsp3) is 0.333. The molecule has 0 unspecified atom stereocenters. The maximum Gasteiger partial charge on any atom is 0.231 e. The number of benzene rings is 1. The van der Waals surface area contributed by atoms with Gasteiger partial charge >= 0.3 is 0 Å². The molecule has 118 valence electrons. The molecule has 2 aliphatic rings. The fourth-order valence-corrected chi connectivity index (χ4v) is 5.06. The van der Waals surface area contributed by atoms with Gasteiger partial charge in [-0.1, -0.05) is 35.9 Å². The summed E-state index contributed by atoms with van der Waals surface area (Å²) in [6.07, 6.45) is 2.02. The second kappa shape index (κ2) is 6.33. The number of thioether (sulfide) groups is 1. The highest BCUT2D eigenvalue weighted by Crippen LogP contribution is 2.54. The van der Waals surface area contributed by atoms with E-state index in [-0.39, 0.29) is 11.6 Å². The Morgan fingerprint density at radius 2 is 1.92 bits per heavy atom. The first-order valence-corrected chi connectivity index (χ1v) is 9.01. The van der Waals surface area contributed by atoms with Crippen LogP contribution in [-0.4, -0.2) is 17.2 Å². The first-order valence-electron chi connectivity index (χ1n) is 7.47. The van der Waals surface area contributed by atoms with Gasteiger partial charge in [-0.25, -0.2) is 0 Å². The van der Waals surface area contributed by atoms with Crippen molar-refractivity contribution < 1.29 is 5.41 Å². The van der Waals surface area contributed by atoms with Crippen LogP contribution in [0.25, 0.3) is 0 Å². The van der Waals surface area contributed by atoms with Gasteiger partial charge in [-0.2, -0.15) is 27.5 Å². The van der Waals surface area contributed by atoms with Gasteiger partial charge in [-0.3, -0.25) is 5.41 Å². The van der Waals surface area contributed by atoms with E-state index < -0.39 is 17.3 Å². The Hall–Kier alpha value is -2.26. The minimum atomic E-state index is -1.56. The van der Waals surface area contributed by atoms with Gasteiger partial charge in [0.05, 0.1) is 18.2 Å². The molecule has 0 bridgehead atoms. The van der Waals surface area contributed by atoms with Gasteiger partial charge in [0.2, 0.25) is 11.1 Å². The van der Waals surface area contributed by atoms with Crippen molar-refractivity contribution in [2.75, 3.05) is 11.5 Å². The molecular weight excluding hydrogens is 340 g/mol. The summed E-state index contributed by atoms with van der Waals surface area (Å²) >= 11 is 8.11. The van der Waals surface area contributed by atoms with Crippen molar-refractivity contribution in [3.63, 3.8) is 0 Å². The summed E-state index contributed by atoms with van der Waals surface area (Å²) in [5, 5.41) is 36.1. The molecular formula is C18H14ClN4S+. The molecule has 1 aliphatic carbocycles. The standard InChI is InChI=1S/C18H13ClN4S/c19-15-4-2-1-3-12(15)16-14-8-24-6-5-11(14)13(7-20)17(23)18(16,9-21)10-22/h1-5,13-14,16,23H,6,8H2/p+1/t13-,14+,16-/m0/s1. The zero-order valence-corrected chi connectivity index (χ0v) is 14.3. The molecule has 3 rings (SSSR count). The molecule has 3 atom stereocenters. The lowest BCUT2D eigenvalue weighted by atomic mass is 9.55. The fourth-order valence-electron chi connectivity index (χ4n) is 3.72. The number of fused-ring (bicyclic) bond motifs is 1. The van der Waals surface area contributed by atoms with E-state index in [1.165, 1.54) is 0 Å². The molecule has 1 aliphatic heterocycles. The Balaban J connectivity index is 2.29. The third kappa shape index (κ3) is 2.23. The van der Waals surface area contributed by atoms with Gasteiger partial charge in [-0.15, -0.1) is 0 Å². The van der Waals surface area contributed by atoms with Crippen molar-refractivity contribution in [2.45, 2.75) is 5.92 Å². The normalized spacial score (nSPS) is 27.8. The third-order valence-corrected chi connectivity index (χ3v) is 6.19. The Bertz CT molecular complexity index is 841. The maximum atomic E-state index is 9.89. The number of allylic oxidation sites excluding steroid dienone is 1. The average molecular weight is 354 g/mol. The Kier molecular flexibility index (Phi) is 4.37. The number of hydrogen-bond acceptors (Lipinski definition) is 4. The number of halogens is 1. The minimum absolute atomic E-state index is 0.111. The van der Waals surface area contributed by atoms with Crippen molar-refractivity contribution in [1.29, 1.82) is 15.8 Å². The van der Waals surface area contributed by atoms with Gasteiger partial charge in [0.25, 0.3) is 0 Å². The van der Waals surface area contributed by atoms with Crippen LogP contribution in [0.15, 0.2) is 35.9 Å². The van der Waals surface area contributed by atoms with Crippen LogP contribution in [0.4, 0.5) is 0 Å². The van der Waals surface area contributed by atoms with E-state index in [1.54, 1.807) is 17.8 Å². The second-order valence-electron chi connectivity index (χ2n) is 5.90. The Morgan fingerprint density at radius 1 is 1.21 bits per heavy atom. The van der Waals surface area contributed by atoms with Crippen molar-refractivity contribution in [2.24, 2.45) is 17.3 Å². The summed E-state index contributed by atoms with van der Waals surface area (Å²) in [6, 6.07) is 13.7. The van der Waals surface area contributed by atoms with E-state index in [0.29, 0.717) is 5.02 Å². The third-order valence-electron chi connectivity index (χ3n) is 4.85. The van der Waals surface area contributed by atoms with E-state index in [0.717, 1.165) is 22.6 Å². The molecule has 1 fully saturated rings. The highest BCUT2D eigenvalue weighted by molar-refractivity contribution is 7.99. The van der Waals surface area contributed by atoms with Gasteiger partial charge in [0.1, 0.15) is 5.92 Å². The van der Waals surface area contributed by atoms with Crippen molar-refractivity contribution >= 4 is 29.1 Å². The first kappa shape index (κ1) is 16.6. The molecule has 1 heterocycles. The molecule has 4 nitrogen and oxygen atoms in total. The Morgan fingerprint density at radius 3 is 2.54 bits per heavy atom. The van der Waals surface area contributed by atoms with E-state index >= 15 is 0 Å². The highest BCUT2D eigenvalue weighted by atomic mass is 35.5. The predicted octanol–water partition coefficient (Wildman–Crippen LogP) is 2.10. The molecule has 1 aromatic carbocycles. The number of nitrogens with zero attached hydrogens (tertiary/aromatic N) is 3. The largest absolute Gasteiger partial charge is 0.258 e. The van der Waals surface area contributed by atoms with Gasteiger partial charge in [0.15, 0.2) is 0 Å². The van der Waals surface area contributed by atoms with Crippen LogP contribution in [0.3, 0.4) is 0 Å². The van der Waals surface area contributed by atoms with Crippen LogP contribution >= 0.6 is 23.4 Å². The van der Waals surface area contributed by atoms with Crippen LogP contribution in [0, 0.1) is 51.2 Å². The zero-order chi connectivity index (χ0) is 17.3. The smallest absolute Gasteiger partial charge is 0.231 e. The van der Waals surface area contributed by atoms with Crippen LogP contribution in [0.5, 0.6) is 0 Å². The van der Waals surface area contributed by atoms with Crippen LogP contribution in [0.2, 0.25) is 5.02 Å². The van der Waals surface area contributed by atoms with Crippen molar-refractivity contribution in [3.05, 3.63) is 46.5 Å². The lowest BCUT2D eigenvalue weighted by molar-refractivity contribution is -0.128. The van der Waals surface area contributed by atoms with Gasteiger partial charge < -0.3 is 0 Å². The Labute approximate surface area is 149 Å². The number of hydrogen-bond donors (Lipinski definition) is 1. The lowest BCUT2D eigenvalue weighted by Crippen LogP contribution is -2.61. The average Bonchev–Trinajstić information content (AvgIpc) is 2.62. The van der Waals surface area contributed by atoms with Crippen molar-refractivity contribution in [1.82, 2.24) is 0 Å². The van der Waals surface area contributed by atoms with Gasteiger partial charge in [-0.05, 0) is 17.2 Å². The van der Waals surface area contributed by atoms with Crippen LogP contribution < -0.4 is 5.41 Å². The second-order valence-corrected chi connectivity index (χ2v) is 7.38. The van der Waals surface area contributed by atoms with E-state index in [9.17, 15) is 15.8 Å². The number of nitrogens with two attached hydrogens (primary N) is 1. The first-order chi connectivity index (χ1) is 11.6. The summed E-state index contributed by atoms with van der Waals surface area (Å²) in [7, 11) is 0. The summed E-state index contributed by atoms with van der Waals surface area (Å²) in [6.45, 7) is 0. The SMILES string of the molecule is N#C[C@@H]1C(=[NH2+])C(C#N)(C#N)[C@@H](c2ccccc2Cl)[C@@H]2CSCC=C12. The molecule has 0 spiro atoms. The van der Waals surface area contributed by atoms with Crippen molar-refractivity contribution in [3.8, 4) is 18.2 Å². The van der Waals surface area contributed by atoms with E-state index in [4.69, 9.17) is 17.0 Å². The molecule has 1 saturated carbocycles. The summed E-state index contributed by atoms with van der Waals surface area (Å²) in [5.74, 6) is 0.246. The molecule has 0 amide bonds. The topological polar surface area (TPSA) is 97.0 Å². The van der Waals surface area contributed by atoms with Crippen LogP contribution in [-0.2, 0) is 0 Å². The highest BCUT2D eigenvalue weighted by Gasteiger charge is 2.60. The molecule has 6 heteroatoms. The summed E-state index contributed by atoms with van der Waals surface area (Å²) in [5.41, 5.74) is 0.208. The minimum Gasteiger partial charge on any atom is -0.258 e. The molecule has 24 heavy (non-hydrogen) atoms. The summed E-state index contributed by atoms with van der Waals surface area (Å²) in [4.78, 5) is 0. The number of nitriles is 3. The maximum absolute atomic E-state index is 9.89. The van der Waals surface area contributed by atoms with E-state index in [1.807, 2.05) is 24.3 Å². The molecule has 2 N–H and O–H groups in total. The number of rotatable bonds is 1. The quantitative estimate of drug-likeness (QED) is 0.782. The van der Waals surface area contributed by atoms with Gasteiger partial charge in [0, 0.05) is 28.4 Å². The monoisotopic (exact) mass is 353 g/mol. The lowest BCUT2D eigenvalue weighted by Gasteiger charge is -2.43.